The highest BCUT2D eigenvalue weighted by Crippen LogP contribution is 2.31. The molecule has 0 aliphatic carbocycles. The molecule has 0 amide bonds. The molecule has 0 aliphatic heterocycles. The first-order valence-corrected chi connectivity index (χ1v) is 6.08. The van der Waals surface area contributed by atoms with Crippen molar-refractivity contribution in [2.24, 2.45) is 0 Å². The van der Waals surface area contributed by atoms with Gasteiger partial charge in [0.1, 0.15) is 5.75 Å². The van der Waals surface area contributed by atoms with E-state index in [4.69, 9.17) is 14.6 Å². The number of para-hydroxylation sites is 1. The summed E-state index contributed by atoms with van der Waals surface area (Å²) in [6.07, 6.45) is -0.111. The topological polar surface area (TPSA) is 72.8 Å². The van der Waals surface area contributed by atoms with Crippen LogP contribution in [-0.2, 0) is 14.3 Å². The Morgan fingerprint density at radius 1 is 1.26 bits per heavy atom. The molecule has 0 heterocycles. The van der Waals surface area contributed by atoms with E-state index in [0.717, 1.165) is 0 Å². The van der Waals surface area contributed by atoms with Crippen molar-refractivity contribution in [3.8, 4) is 5.75 Å². The molecule has 1 N–H and O–H groups in total. The van der Waals surface area contributed by atoms with Gasteiger partial charge < -0.3 is 14.6 Å². The van der Waals surface area contributed by atoms with Crippen molar-refractivity contribution in [3.63, 3.8) is 0 Å². The Labute approximate surface area is 112 Å². The van der Waals surface area contributed by atoms with E-state index in [-0.39, 0.29) is 19.4 Å². The Morgan fingerprint density at radius 3 is 2.53 bits per heavy atom. The lowest BCUT2D eigenvalue weighted by Crippen LogP contribution is -2.14. The van der Waals surface area contributed by atoms with Gasteiger partial charge in [-0.15, -0.1) is 0 Å². The molecule has 0 aliphatic rings. The van der Waals surface area contributed by atoms with Crippen LogP contribution in [-0.4, -0.2) is 30.8 Å². The van der Waals surface area contributed by atoms with Crippen LogP contribution >= 0.6 is 0 Å². The lowest BCUT2D eigenvalue weighted by atomic mass is 9.92. The molecule has 1 rings (SSSR count). The number of carbonyl (C=O) groups is 2. The quantitative estimate of drug-likeness (QED) is 0.766. The molecule has 0 fully saturated rings. The molecular weight excluding hydrogens is 248 g/mol. The van der Waals surface area contributed by atoms with Gasteiger partial charge >= 0.3 is 11.9 Å². The van der Waals surface area contributed by atoms with E-state index in [0.29, 0.717) is 11.3 Å². The SMILES string of the molecule is CCOC(=O)CC(CC(=O)O)c1ccccc1OC. The molecule has 1 unspecified atom stereocenters. The molecule has 0 radical (unpaired) electrons. The molecule has 1 atom stereocenters. The molecule has 5 nitrogen and oxygen atoms in total. The van der Waals surface area contributed by atoms with Crippen molar-refractivity contribution in [2.75, 3.05) is 13.7 Å². The number of benzene rings is 1. The molecule has 0 saturated carbocycles. The van der Waals surface area contributed by atoms with Crippen LogP contribution in [0.2, 0.25) is 0 Å². The summed E-state index contributed by atoms with van der Waals surface area (Å²) in [5, 5.41) is 8.96. The Kier molecular flexibility index (Phi) is 5.85. The second-order valence-electron chi connectivity index (χ2n) is 4.05. The van der Waals surface area contributed by atoms with E-state index in [1.165, 1.54) is 7.11 Å². The maximum atomic E-state index is 11.6. The fraction of sp³-hybridized carbons (Fsp3) is 0.429. The maximum absolute atomic E-state index is 11.6. The van der Waals surface area contributed by atoms with E-state index in [9.17, 15) is 9.59 Å². The minimum absolute atomic E-state index is 0.0283. The summed E-state index contributed by atoms with van der Waals surface area (Å²) in [6.45, 7) is 2.00. The summed E-state index contributed by atoms with van der Waals surface area (Å²) in [4.78, 5) is 22.5. The molecule has 1 aromatic carbocycles. The molecule has 5 heteroatoms. The first kappa shape index (κ1) is 15.0. The second-order valence-corrected chi connectivity index (χ2v) is 4.05. The summed E-state index contributed by atoms with van der Waals surface area (Å²) >= 11 is 0. The summed E-state index contributed by atoms with van der Waals surface area (Å²) in [5.41, 5.74) is 0.709. The van der Waals surface area contributed by atoms with Gasteiger partial charge in [-0.1, -0.05) is 18.2 Å². The van der Waals surface area contributed by atoms with Crippen LogP contribution in [0.25, 0.3) is 0 Å². The van der Waals surface area contributed by atoms with Gasteiger partial charge in [0.05, 0.1) is 26.6 Å². The molecular formula is C14H18O5. The largest absolute Gasteiger partial charge is 0.496 e. The van der Waals surface area contributed by atoms with Gasteiger partial charge in [0.25, 0.3) is 0 Å². The lowest BCUT2D eigenvalue weighted by molar-refractivity contribution is -0.144. The van der Waals surface area contributed by atoms with Crippen molar-refractivity contribution in [1.82, 2.24) is 0 Å². The minimum Gasteiger partial charge on any atom is -0.496 e. The lowest BCUT2D eigenvalue weighted by Gasteiger charge is -2.17. The first-order chi connectivity index (χ1) is 9.08. The number of ether oxygens (including phenoxy) is 2. The fourth-order valence-corrected chi connectivity index (χ4v) is 1.93. The van der Waals surface area contributed by atoms with E-state index in [1.54, 1.807) is 31.2 Å². The van der Waals surface area contributed by atoms with E-state index in [1.807, 2.05) is 0 Å². The molecule has 104 valence electrons. The van der Waals surface area contributed by atoms with Crippen LogP contribution < -0.4 is 4.74 Å². The van der Waals surface area contributed by atoms with Crippen LogP contribution in [0.15, 0.2) is 24.3 Å². The molecule has 19 heavy (non-hydrogen) atoms. The Hall–Kier alpha value is -2.04. The highest BCUT2D eigenvalue weighted by Gasteiger charge is 2.22. The summed E-state index contributed by atoms with van der Waals surface area (Å²) < 4.78 is 10.1. The van der Waals surface area contributed by atoms with Gasteiger partial charge in [0.15, 0.2) is 0 Å². The zero-order chi connectivity index (χ0) is 14.3. The molecule has 0 aromatic heterocycles. The van der Waals surface area contributed by atoms with Crippen molar-refractivity contribution in [3.05, 3.63) is 29.8 Å². The van der Waals surface area contributed by atoms with Crippen LogP contribution in [0.1, 0.15) is 31.2 Å². The summed E-state index contributed by atoms with van der Waals surface area (Å²) in [7, 11) is 1.51. The number of methoxy groups -OCH3 is 1. The highest BCUT2D eigenvalue weighted by atomic mass is 16.5. The number of esters is 1. The van der Waals surface area contributed by atoms with Crippen molar-refractivity contribution < 1.29 is 24.2 Å². The van der Waals surface area contributed by atoms with Gasteiger partial charge in [-0.05, 0) is 18.6 Å². The van der Waals surface area contributed by atoms with Crippen molar-refractivity contribution >= 4 is 11.9 Å². The average molecular weight is 266 g/mol. The third kappa shape index (κ3) is 4.62. The van der Waals surface area contributed by atoms with Gasteiger partial charge in [0, 0.05) is 5.92 Å². The van der Waals surface area contributed by atoms with Crippen LogP contribution in [0.3, 0.4) is 0 Å². The fourth-order valence-electron chi connectivity index (χ4n) is 1.93. The average Bonchev–Trinajstić information content (AvgIpc) is 2.37. The predicted molar refractivity (Wildman–Crippen MR) is 69.2 cm³/mol. The number of carbonyl (C=O) groups excluding carboxylic acids is 1. The van der Waals surface area contributed by atoms with Gasteiger partial charge in [0.2, 0.25) is 0 Å². The van der Waals surface area contributed by atoms with E-state index >= 15 is 0 Å². The molecule has 0 spiro atoms. The smallest absolute Gasteiger partial charge is 0.306 e. The molecule has 0 bridgehead atoms. The number of hydrogen-bond acceptors (Lipinski definition) is 4. The van der Waals surface area contributed by atoms with E-state index < -0.39 is 17.9 Å². The number of carboxylic acid groups (broad SMARTS) is 1. The predicted octanol–water partition coefficient (Wildman–Crippen LogP) is 2.21. The number of aliphatic carboxylic acids is 1. The molecule has 1 aromatic rings. The Bertz CT molecular complexity index is 441. The minimum atomic E-state index is -0.958. The Morgan fingerprint density at radius 2 is 1.95 bits per heavy atom. The third-order valence-electron chi connectivity index (χ3n) is 2.72. The van der Waals surface area contributed by atoms with Crippen LogP contribution in [0, 0.1) is 0 Å². The highest BCUT2D eigenvalue weighted by molar-refractivity contribution is 5.74. The van der Waals surface area contributed by atoms with Gasteiger partial charge in [-0.2, -0.15) is 0 Å². The van der Waals surface area contributed by atoms with Crippen molar-refractivity contribution in [2.45, 2.75) is 25.7 Å². The van der Waals surface area contributed by atoms with Crippen LogP contribution in [0.5, 0.6) is 5.75 Å². The van der Waals surface area contributed by atoms with Crippen LogP contribution in [0.4, 0.5) is 0 Å². The third-order valence-corrected chi connectivity index (χ3v) is 2.72. The zero-order valence-electron chi connectivity index (χ0n) is 11.1. The first-order valence-electron chi connectivity index (χ1n) is 6.08. The standard InChI is InChI=1S/C14H18O5/c1-3-19-14(17)9-10(8-13(15)16)11-6-4-5-7-12(11)18-2/h4-7,10H,3,8-9H2,1-2H3,(H,15,16). The Balaban J connectivity index is 2.95. The normalized spacial score (nSPS) is 11.7. The number of rotatable bonds is 7. The van der Waals surface area contributed by atoms with Gasteiger partial charge in [-0.3, -0.25) is 9.59 Å². The summed E-state index contributed by atoms with van der Waals surface area (Å²) in [5.74, 6) is -1.23. The monoisotopic (exact) mass is 266 g/mol. The second kappa shape index (κ2) is 7.41. The molecule has 0 saturated heterocycles. The summed E-state index contributed by atoms with van der Waals surface area (Å²) in [6, 6.07) is 7.10. The number of hydrogen-bond donors (Lipinski definition) is 1. The zero-order valence-corrected chi connectivity index (χ0v) is 11.1. The van der Waals surface area contributed by atoms with Crippen molar-refractivity contribution in [1.29, 1.82) is 0 Å². The number of carboxylic acids is 1. The van der Waals surface area contributed by atoms with Gasteiger partial charge in [-0.25, -0.2) is 0 Å². The van der Waals surface area contributed by atoms with E-state index in [2.05, 4.69) is 0 Å². The maximum Gasteiger partial charge on any atom is 0.306 e.